The summed E-state index contributed by atoms with van der Waals surface area (Å²) in [5, 5.41) is 12.8. The number of nitrogens with one attached hydrogen (secondary N) is 1. The van der Waals surface area contributed by atoms with Crippen LogP contribution in [0.2, 0.25) is 10.0 Å². The van der Waals surface area contributed by atoms with Crippen molar-refractivity contribution >= 4 is 23.2 Å². The Bertz CT molecular complexity index is 587. The minimum Gasteiger partial charge on any atom is -0.306 e. The van der Waals surface area contributed by atoms with Crippen molar-refractivity contribution < 1.29 is 0 Å². The molecule has 1 heterocycles. The van der Waals surface area contributed by atoms with E-state index in [9.17, 15) is 0 Å². The van der Waals surface area contributed by atoms with Gasteiger partial charge in [0.15, 0.2) is 0 Å². The molecule has 0 unspecified atom stereocenters. The van der Waals surface area contributed by atoms with Crippen LogP contribution in [0.3, 0.4) is 0 Å². The Balaban J connectivity index is 2.00. The quantitative estimate of drug-likeness (QED) is 0.939. The molecule has 0 aliphatic rings. The SMILES string of the molecule is CC(C)(C)NCc1cn(Cc2ccc(Cl)c(Cl)c2)nn1. The second kappa shape index (κ2) is 6.12. The van der Waals surface area contributed by atoms with Gasteiger partial charge < -0.3 is 5.32 Å². The number of hydrogen-bond donors (Lipinski definition) is 1. The monoisotopic (exact) mass is 312 g/mol. The topological polar surface area (TPSA) is 42.7 Å². The molecule has 0 saturated heterocycles. The highest BCUT2D eigenvalue weighted by atomic mass is 35.5. The summed E-state index contributed by atoms with van der Waals surface area (Å²) in [4.78, 5) is 0. The van der Waals surface area contributed by atoms with E-state index in [2.05, 4.69) is 36.4 Å². The molecule has 20 heavy (non-hydrogen) atoms. The molecule has 2 rings (SSSR count). The zero-order valence-corrected chi connectivity index (χ0v) is 13.3. The van der Waals surface area contributed by atoms with Crippen molar-refractivity contribution in [2.24, 2.45) is 0 Å². The van der Waals surface area contributed by atoms with E-state index in [1.165, 1.54) is 0 Å². The van der Waals surface area contributed by atoms with Crippen LogP contribution >= 0.6 is 23.2 Å². The van der Waals surface area contributed by atoms with Gasteiger partial charge in [0, 0.05) is 12.1 Å². The lowest BCUT2D eigenvalue weighted by molar-refractivity contribution is 0.421. The van der Waals surface area contributed by atoms with E-state index in [1.54, 1.807) is 10.7 Å². The fourth-order valence-electron chi connectivity index (χ4n) is 1.68. The Morgan fingerprint density at radius 2 is 1.95 bits per heavy atom. The normalized spacial score (nSPS) is 11.8. The smallest absolute Gasteiger partial charge is 0.0965 e. The summed E-state index contributed by atoms with van der Waals surface area (Å²) in [5.41, 5.74) is 2.02. The molecule has 6 heteroatoms. The fraction of sp³-hybridized carbons (Fsp3) is 0.429. The zero-order chi connectivity index (χ0) is 14.8. The molecule has 0 amide bonds. The van der Waals surface area contributed by atoms with Gasteiger partial charge in [-0.3, -0.25) is 0 Å². The standard InChI is InChI=1S/C14H18Cl2N4/c1-14(2,3)17-7-11-9-20(19-18-11)8-10-4-5-12(15)13(16)6-10/h4-6,9,17H,7-8H2,1-3H3. The molecule has 0 bridgehead atoms. The molecule has 0 radical (unpaired) electrons. The molecule has 0 aliphatic carbocycles. The van der Waals surface area contributed by atoms with Crippen LogP contribution in [0.4, 0.5) is 0 Å². The van der Waals surface area contributed by atoms with Gasteiger partial charge in [-0.1, -0.05) is 34.5 Å². The van der Waals surface area contributed by atoms with E-state index in [0.717, 1.165) is 11.3 Å². The van der Waals surface area contributed by atoms with Crippen LogP contribution in [0.1, 0.15) is 32.0 Å². The van der Waals surface area contributed by atoms with Crippen molar-refractivity contribution in [3.8, 4) is 0 Å². The Labute approximate surface area is 129 Å². The van der Waals surface area contributed by atoms with Gasteiger partial charge in [0.25, 0.3) is 0 Å². The molecule has 4 nitrogen and oxygen atoms in total. The number of nitrogens with zero attached hydrogens (tertiary/aromatic N) is 3. The molecule has 1 N–H and O–H groups in total. The van der Waals surface area contributed by atoms with Crippen LogP contribution in [0, 0.1) is 0 Å². The molecule has 0 fully saturated rings. The molecule has 0 atom stereocenters. The van der Waals surface area contributed by atoms with E-state index in [4.69, 9.17) is 23.2 Å². The van der Waals surface area contributed by atoms with Gasteiger partial charge in [-0.2, -0.15) is 0 Å². The summed E-state index contributed by atoms with van der Waals surface area (Å²) in [6, 6.07) is 5.57. The van der Waals surface area contributed by atoms with Crippen molar-refractivity contribution in [1.82, 2.24) is 20.3 Å². The Morgan fingerprint density at radius 3 is 2.60 bits per heavy atom. The van der Waals surface area contributed by atoms with Gasteiger partial charge in [-0.25, -0.2) is 4.68 Å². The lowest BCUT2D eigenvalue weighted by Gasteiger charge is -2.19. The number of hydrogen-bond acceptors (Lipinski definition) is 3. The van der Waals surface area contributed by atoms with Gasteiger partial charge in [0.05, 0.1) is 28.5 Å². The van der Waals surface area contributed by atoms with Crippen molar-refractivity contribution in [2.75, 3.05) is 0 Å². The van der Waals surface area contributed by atoms with Crippen LogP contribution in [-0.4, -0.2) is 20.5 Å². The molecule has 2 aromatic rings. The van der Waals surface area contributed by atoms with Crippen LogP contribution in [0.25, 0.3) is 0 Å². The van der Waals surface area contributed by atoms with Gasteiger partial charge in [-0.05, 0) is 38.5 Å². The molecule has 0 aliphatic heterocycles. The number of rotatable bonds is 4. The number of benzene rings is 1. The molecule has 1 aromatic heterocycles. The highest BCUT2D eigenvalue weighted by Crippen LogP contribution is 2.22. The third kappa shape index (κ3) is 4.47. The van der Waals surface area contributed by atoms with E-state index in [-0.39, 0.29) is 5.54 Å². The summed E-state index contributed by atoms with van der Waals surface area (Å²) in [6.07, 6.45) is 1.93. The minimum absolute atomic E-state index is 0.0630. The summed E-state index contributed by atoms with van der Waals surface area (Å²) in [6.45, 7) is 7.68. The summed E-state index contributed by atoms with van der Waals surface area (Å²) in [7, 11) is 0. The molecular weight excluding hydrogens is 295 g/mol. The first-order valence-corrected chi connectivity index (χ1v) is 7.17. The van der Waals surface area contributed by atoms with Crippen LogP contribution in [0.5, 0.6) is 0 Å². The molecule has 108 valence electrons. The molecule has 1 aromatic carbocycles. The Kier molecular flexibility index (Phi) is 4.68. The van der Waals surface area contributed by atoms with Crippen molar-refractivity contribution in [3.63, 3.8) is 0 Å². The second-order valence-electron chi connectivity index (χ2n) is 5.76. The average molecular weight is 313 g/mol. The predicted molar refractivity (Wildman–Crippen MR) is 82.2 cm³/mol. The third-order valence-electron chi connectivity index (χ3n) is 2.71. The summed E-state index contributed by atoms with van der Waals surface area (Å²) in [5.74, 6) is 0. The first-order chi connectivity index (χ1) is 9.33. The van der Waals surface area contributed by atoms with Gasteiger partial charge in [0.2, 0.25) is 0 Å². The predicted octanol–water partition coefficient (Wildman–Crippen LogP) is 3.52. The summed E-state index contributed by atoms with van der Waals surface area (Å²) >= 11 is 11.9. The van der Waals surface area contributed by atoms with Crippen LogP contribution in [0.15, 0.2) is 24.4 Å². The van der Waals surface area contributed by atoms with Crippen molar-refractivity contribution in [2.45, 2.75) is 39.4 Å². The van der Waals surface area contributed by atoms with Gasteiger partial charge >= 0.3 is 0 Å². The van der Waals surface area contributed by atoms with E-state index < -0.39 is 0 Å². The average Bonchev–Trinajstić information content (AvgIpc) is 2.78. The fourth-order valence-corrected chi connectivity index (χ4v) is 2.00. The molecular formula is C14H18Cl2N4. The van der Waals surface area contributed by atoms with E-state index in [0.29, 0.717) is 23.1 Å². The lowest BCUT2D eigenvalue weighted by atomic mass is 10.1. The van der Waals surface area contributed by atoms with E-state index in [1.807, 2.05) is 18.3 Å². The first kappa shape index (κ1) is 15.3. The Hall–Kier alpha value is -1.10. The maximum absolute atomic E-state index is 6.00. The number of halogens is 2. The molecule has 0 spiro atoms. The first-order valence-electron chi connectivity index (χ1n) is 6.41. The van der Waals surface area contributed by atoms with Crippen molar-refractivity contribution in [3.05, 3.63) is 45.7 Å². The van der Waals surface area contributed by atoms with E-state index >= 15 is 0 Å². The van der Waals surface area contributed by atoms with Crippen LogP contribution in [-0.2, 0) is 13.1 Å². The highest BCUT2D eigenvalue weighted by molar-refractivity contribution is 6.42. The lowest BCUT2D eigenvalue weighted by Crippen LogP contribution is -2.35. The second-order valence-corrected chi connectivity index (χ2v) is 6.57. The summed E-state index contributed by atoms with van der Waals surface area (Å²) < 4.78 is 1.79. The molecule has 0 saturated carbocycles. The largest absolute Gasteiger partial charge is 0.306 e. The number of aromatic nitrogens is 3. The third-order valence-corrected chi connectivity index (χ3v) is 3.45. The minimum atomic E-state index is 0.0630. The Morgan fingerprint density at radius 1 is 1.20 bits per heavy atom. The van der Waals surface area contributed by atoms with Gasteiger partial charge in [0.1, 0.15) is 0 Å². The highest BCUT2D eigenvalue weighted by Gasteiger charge is 2.10. The maximum atomic E-state index is 6.00. The van der Waals surface area contributed by atoms with Crippen molar-refractivity contribution in [1.29, 1.82) is 0 Å². The maximum Gasteiger partial charge on any atom is 0.0965 e. The van der Waals surface area contributed by atoms with Crippen LogP contribution < -0.4 is 5.32 Å². The van der Waals surface area contributed by atoms with Gasteiger partial charge in [-0.15, -0.1) is 5.10 Å². The zero-order valence-electron chi connectivity index (χ0n) is 11.8.